The summed E-state index contributed by atoms with van der Waals surface area (Å²) in [4.78, 5) is 2.39. The van der Waals surface area contributed by atoms with Crippen LogP contribution in [0.2, 0.25) is 0 Å². The van der Waals surface area contributed by atoms with Gasteiger partial charge >= 0.3 is 0 Å². The van der Waals surface area contributed by atoms with E-state index in [0.717, 1.165) is 16.8 Å². The van der Waals surface area contributed by atoms with Crippen LogP contribution in [0, 0.1) is 24.2 Å². The summed E-state index contributed by atoms with van der Waals surface area (Å²) < 4.78 is 0. The van der Waals surface area contributed by atoms with Crippen molar-refractivity contribution in [2.45, 2.75) is 32.7 Å². The lowest BCUT2D eigenvalue weighted by Crippen LogP contribution is -2.37. The lowest BCUT2D eigenvalue weighted by Gasteiger charge is -2.33. The molecule has 1 saturated heterocycles. The number of hydrogen-bond donors (Lipinski definition) is 1. The van der Waals surface area contributed by atoms with Crippen molar-refractivity contribution in [3.05, 3.63) is 29.3 Å². The zero-order valence-electron chi connectivity index (χ0n) is 12.1. The van der Waals surface area contributed by atoms with Crippen LogP contribution >= 0.6 is 0 Å². The van der Waals surface area contributed by atoms with Crippen molar-refractivity contribution in [3.63, 3.8) is 0 Å². The number of anilines is 1. The maximum atomic E-state index is 9.26. The van der Waals surface area contributed by atoms with Crippen molar-refractivity contribution in [2.75, 3.05) is 25.5 Å². The molecule has 3 nitrogen and oxygen atoms in total. The summed E-state index contributed by atoms with van der Waals surface area (Å²) >= 11 is 0. The molecule has 0 bridgehead atoms. The van der Waals surface area contributed by atoms with Crippen LogP contribution in [0.25, 0.3) is 0 Å². The number of likely N-dealkylation sites (tertiary alicyclic amines) is 1. The average Bonchev–Trinajstić information content (AvgIpc) is 2.39. The van der Waals surface area contributed by atoms with Crippen LogP contribution in [0.3, 0.4) is 0 Å². The Kier molecular flexibility index (Phi) is 4.44. The molecule has 1 N–H and O–H groups in total. The third-order valence-electron chi connectivity index (χ3n) is 4.24. The lowest BCUT2D eigenvalue weighted by atomic mass is 9.90. The molecule has 2 rings (SSSR count). The van der Waals surface area contributed by atoms with Crippen LogP contribution < -0.4 is 5.32 Å². The van der Waals surface area contributed by atoms with E-state index in [1.807, 2.05) is 25.1 Å². The highest BCUT2D eigenvalue weighted by Gasteiger charge is 2.22. The van der Waals surface area contributed by atoms with Gasteiger partial charge < -0.3 is 10.2 Å². The summed E-state index contributed by atoms with van der Waals surface area (Å²) in [6.45, 7) is 6.58. The second-order valence-electron chi connectivity index (χ2n) is 5.68. The van der Waals surface area contributed by atoms with Gasteiger partial charge in [0.05, 0.1) is 11.3 Å². The fourth-order valence-corrected chi connectivity index (χ4v) is 2.83. The van der Waals surface area contributed by atoms with E-state index in [2.05, 4.69) is 30.3 Å². The Morgan fingerprint density at radius 2 is 2.05 bits per heavy atom. The van der Waals surface area contributed by atoms with Crippen LogP contribution in [0.4, 0.5) is 5.69 Å². The van der Waals surface area contributed by atoms with E-state index in [-0.39, 0.29) is 0 Å². The molecule has 1 aromatic rings. The molecule has 1 aromatic carbocycles. The number of benzene rings is 1. The first-order chi connectivity index (χ1) is 9.11. The SMILES string of the molecule is Cc1cccc(NC(C)C2CCN(C)CC2)c1C#N. The van der Waals surface area contributed by atoms with Gasteiger partial charge in [0.1, 0.15) is 6.07 Å². The van der Waals surface area contributed by atoms with Crippen LogP contribution in [0.1, 0.15) is 30.9 Å². The molecule has 1 aliphatic rings. The fraction of sp³-hybridized carbons (Fsp3) is 0.562. The van der Waals surface area contributed by atoms with E-state index in [4.69, 9.17) is 0 Å². The van der Waals surface area contributed by atoms with Crippen LogP contribution in [-0.2, 0) is 0 Å². The summed E-state index contributed by atoms with van der Waals surface area (Å²) in [7, 11) is 2.18. The first-order valence-electron chi connectivity index (χ1n) is 7.06. The highest BCUT2D eigenvalue weighted by Crippen LogP contribution is 2.25. The number of nitrogens with one attached hydrogen (secondary N) is 1. The predicted molar refractivity (Wildman–Crippen MR) is 79.2 cm³/mol. The van der Waals surface area contributed by atoms with Gasteiger partial charge in [0.25, 0.3) is 0 Å². The molecular formula is C16H23N3. The second-order valence-corrected chi connectivity index (χ2v) is 5.68. The van der Waals surface area contributed by atoms with E-state index in [1.54, 1.807) is 0 Å². The van der Waals surface area contributed by atoms with Crippen molar-refractivity contribution in [1.82, 2.24) is 4.90 Å². The number of rotatable bonds is 3. The molecule has 0 amide bonds. The number of nitriles is 1. The van der Waals surface area contributed by atoms with Gasteiger partial charge in [-0.05, 0) is 64.4 Å². The molecule has 1 unspecified atom stereocenters. The third-order valence-corrected chi connectivity index (χ3v) is 4.24. The first-order valence-corrected chi connectivity index (χ1v) is 7.06. The van der Waals surface area contributed by atoms with E-state index < -0.39 is 0 Å². The largest absolute Gasteiger partial charge is 0.381 e. The molecule has 1 aliphatic heterocycles. The first kappa shape index (κ1) is 13.9. The number of hydrogen-bond acceptors (Lipinski definition) is 3. The van der Waals surface area contributed by atoms with Crippen molar-refractivity contribution >= 4 is 5.69 Å². The van der Waals surface area contributed by atoms with Gasteiger partial charge in [0.15, 0.2) is 0 Å². The summed E-state index contributed by atoms with van der Waals surface area (Å²) in [6.07, 6.45) is 2.47. The Labute approximate surface area is 116 Å². The van der Waals surface area contributed by atoms with Gasteiger partial charge in [-0.2, -0.15) is 5.26 Å². The lowest BCUT2D eigenvalue weighted by molar-refractivity contribution is 0.208. The van der Waals surface area contributed by atoms with Crippen molar-refractivity contribution in [3.8, 4) is 6.07 Å². The molecule has 0 aliphatic carbocycles. The smallest absolute Gasteiger partial charge is 0.102 e. The van der Waals surface area contributed by atoms with Gasteiger partial charge in [-0.3, -0.25) is 0 Å². The summed E-state index contributed by atoms with van der Waals surface area (Å²) in [5.41, 5.74) is 2.80. The quantitative estimate of drug-likeness (QED) is 0.904. The monoisotopic (exact) mass is 257 g/mol. The minimum absolute atomic E-state index is 0.419. The average molecular weight is 257 g/mol. The summed E-state index contributed by atoms with van der Waals surface area (Å²) in [6, 6.07) is 8.74. The molecule has 102 valence electrons. The van der Waals surface area contributed by atoms with Gasteiger partial charge in [0.2, 0.25) is 0 Å². The highest BCUT2D eigenvalue weighted by atomic mass is 15.1. The molecule has 0 aromatic heterocycles. The third kappa shape index (κ3) is 3.27. The Morgan fingerprint density at radius 3 is 2.68 bits per heavy atom. The van der Waals surface area contributed by atoms with Crippen molar-refractivity contribution < 1.29 is 0 Å². The second kappa shape index (κ2) is 6.08. The minimum atomic E-state index is 0.419. The predicted octanol–water partition coefficient (Wildman–Crippen LogP) is 3.01. The van der Waals surface area contributed by atoms with Crippen LogP contribution in [0.5, 0.6) is 0 Å². The number of nitrogens with zero attached hydrogens (tertiary/aromatic N) is 2. The van der Waals surface area contributed by atoms with Gasteiger partial charge in [-0.1, -0.05) is 12.1 Å². The topological polar surface area (TPSA) is 39.1 Å². The standard InChI is InChI=1S/C16H23N3/c1-12-5-4-6-16(15(12)11-17)18-13(2)14-7-9-19(3)10-8-14/h4-6,13-14,18H,7-10H2,1-3H3. The Balaban J connectivity index is 2.05. The van der Waals surface area contributed by atoms with Gasteiger partial charge in [0, 0.05) is 6.04 Å². The van der Waals surface area contributed by atoms with Crippen molar-refractivity contribution in [1.29, 1.82) is 5.26 Å². The Morgan fingerprint density at radius 1 is 1.37 bits per heavy atom. The van der Waals surface area contributed by atoms with Gasteiger partial charge in [-0.25, -0.2) is 0 Å². The molecule has 0 radical (unpaired) electrons. The van der Waals surface area contributed by atoms with Crippen LogP contribution in [0.15, 0.2) is 18.2 Å². The van der Waals surface area contributed by atoms with Gasteiger partial charge in [-0.15, -0.1) is 0 Å². The molecule has 1 heterocycles. The van der Waals surface area contributed by atoms with Crippen LogP contribution in [-0.4, -0.2) is 31.1 Å². The fourth-order valence-electron chi connectivity index (χ4n) is 2.83. The van der Waals surface area contributed by atoms with Crippen molar-refractivity contribution in [2.24, 2.45) is 5.92 Å². The Bertz CT molecular complexity index is 467. The van der Waals surface area contributed by atoms with E-state index in [9.17, 15) is 5.26 Å². The molecular weight excluding hydrogens is 234 g/mol. The maximum absolute atomic E-state index is 9.26. The minimum Gasteiger partial charge on any atom is -0.381 e. The molecule has 3 heteroatoms. The number of piperidine rings is 1. The molecule has 1 fully saturated rings. The summed E-state index contributed by atoms with van der Waals surface area (Å²) in [5.74, 6) is 0.697. The maximum Gasteiger partial charge on any atom is 0.102 e. The molecule has 19 heavy (non-hydrogen) atoms. The highest BCUT2D eigenvalue weighted by molar-refractivity contribution is 5.61. The molecule has 1 atom stereocenters. The normalized spacial score (nSPS) is 18.8. The molecule has 0 saturated carbocycles. The summed E-state index contributed by atoms with van der Waals surface area (Å²) in [5, 5.41) is 12.8. The molecule has 0 spiro atoms. The number of aryl methyl sites for hydroxylation is 1. The zero-order chi connectivity index (χ0) is 13.8. The Hall–Kier alpha value is -1.53. The van der Waals surface area contributed by atoms with E-state index in [1.165, 1.54) is 25.9 Å². The zero-order valence-corrected chi connectivity index (χ0v) is 12.1. The van der Waals surface area contributed by atoms with E-state index in [0.29, 0.717) is 12.0 Å². The van der Waals surface area contributed by atoms with E-state index >= 15 is 0 Å².